The zero-order valence-corrected chi connectivity index (χ0v) is 7.42. The summed E-state index contributed by atoms with van der Waals surface area (Å²) >= 11 is 0. The van der Waals surface area contributed by atoms with Crippen LogP contribution in [0.1, 0.15) is 12.8 Å². The Morgan fingerprint density at radius 3 is 2.77 bits per heavy atom. The van der Waals surface area contributed by atoms with Gasteiger partial charge in [-0.15, -0.1) is 0 Å². The van der Waals surface area contributed by atoms with Crippen LogP contribution >= 0.6 is 0 Å². The van der Waals surface area contributed by atoms with Gasteiger partial charge in [-0.2, -0.15) is 0 Å². The fraction of sp³-hybridized carbons (Fsp3) is 0.300. The highest BCUT2D eigenvalue weighted by Crippen LogP contribution is 2.05. The normalized spacial score (nSPS) is 9.62. The maximum Gasteiger partial charge on any atom is 0.224 e. The number of rotatable bonds is 4. The number of benzene rings is 1. The zero-order valence-electron chi connectivity index (χ0n) is 7.42. The standard InChI is InChI=1S/C10H13N2O/c11-8-4-7-10(13)12-9-5-2-1-3-6-9/h2-3,5-6H,4,7-8,11H2,(H,12,13). The number of anilines is 1. The molecule has 1 aromatic rings. The molecule has 1 rings (SSSR count). The highest BCUT2D eigenvalue weighted by atomic mass is 16.1. The average molecular weight is 177 g/mol. The van der Waals surface area contributed by atoms with Crippen LogP contribution < -0.4 is 11.1 Å². The molecule has 3 N–H and O–H groups in total. The van der Waals surface area contributed by atoms with E-state index in [9.17, 15) is 4.79 Å². The minimum Gasteiger partial charge on any atom is -0.330 e. The van der Waals surface area contributed by atoms with Crippen molar-refractivity contribution < 1.29 is 4.79 Å². The van der Waals surface area contributed by atoms with Crippen LogP contribution in [0.5, 0.6) is 0 Å². The van der Waals surface area contributed by atoms with Gasteiger partial charge < -0.3 is 11.1 Å². The van der Waals surface area contributed by atoms with Gasteiger partial charge in [-0.3, -0.25) is 4.79 Å². The second-order valence-corrected chi connectivity index (χ2v) is 2.73. The number of carbonyl (C=O) groups is 1. The van der Waals surface area contributed by atoms with Crippen molar-refractivity contribution in [2.24, 2.45) is 5.73 Å². The first-order valence-corrected chi connectivity index (χ1v) is 4.29. The van der Waals surface area contributed by atoms with Crippen molar-refractivity contribution in [3.8, 4) is 0 Å². The Hall–Kier alpha value is -1.35. The molecule has 0 heterocycles. The quantitative estimate of drug-likeness (QED) is 0.725. The summed E-state index contributed by atoms with van der Waals surface area (Å²) in [6.45, 7) is 0.552. The van der Waals surface area contributed by atoms with Crippen molar-refractivity contribution in [1.82, 2.24) is 0 Å². The Labute approximate surface area is 77.9 Å². The average Bonchev–Trinajstić information content (AvgIpc) is 2.16. The van der Waals surface area contributed by atoms with E-state index in [4.69, 9.17) is 5.73 Å². The van der Waals surface area contributed by atoms with E-state index < -0.39 is 0 Å². The largest absolute Gasteiger partial charge is 0.330 e. The SMILES string of the molecule is NCCCC(=O)Nc1cc[c]cc1. The number of amides is 1. The zero-order chi connectivity index (χ0) is 9.52. The summed E-state index contributed by atoms with van der Waals surface area (Å²) in [6, 6.07) is 10.0. The lowest BCUT2D eigenvalue weighted by Crippen LogP contribution is -2.13. The molecule has 0 aliphatic heterocycles. The second kappa shape index (κ2) is 5.32. The molecule has 69 valence electrons. The lowest BCUT2D eigenvalue weighted by molar-refractivity contribution is -0.116. The van der Waals surface area contributed by atoms with Crippen molar-refractivity contribution in [1.29, 1.82) is 0 Å². The fourth-order valence-electron chi connectivity index (χ4n) is 0.956. The molecule has 3 heteroatoms. The number of nitrogens with one attached hydrogen (secondary N) is 1. The Bertz CT molecular complexity index is 259. The van der Waals surface area contributed by atoms with Crippen LogP contribution in [-0.2, 0) is 4.79 Å². The smallest absolute Gasteiger partial charge is 0.224 e. The van der Waals surface area contributed by atoms with Crippen molar-refractivity contribution in [2.45, 2.75) is 12.8 Å². The molecule has 1 radical (unpaired) electrons. The monoisotopic (exact) mass is 177 g/mol. The van der Waals surface area contributed by atoms with Crippen LogP contribution in [0.4, 0.5) is 5.69 Å². The summed E-state index contributed by atoms with van der Waals surface area (Å²) in [5, 5.41) is 2.76. The molecule has 0 fully saturated rings. The summed E-state index contributed by atoms with van der Waals surface area (Å²) in [4.78, 5) is 11.2. The maximum atomic E-state index is 11.2. The first kappa shape index (κ1) is 9.74. The Balaban J connectivity index is 2.37. The van der Waals surface area contributed by atoms with E-state index in [0.29, 0.717) is 13.0 Å². The van der Waals surface area contributed by atoms with E-state index in [2.05, 4.69) is 11.4 Å². The highest BCUT2D eigenvalue weighted by Gasteiger charge is 1.99. The summed E-state index contributed by atoms with van der Waals surface area (Å²) in [7, 11) is 0. The topological polar surface area (TPSA) is 55.1 Å². The first-order chi connectivity index (χ1) is 6.33. The molecule has 0 spiro atoms. The number of hydrogen-bond acceptors (Lipinski definition) is 2. The molecule has 0 saturated heterocycles. The molecule has 0 atom stereocenters. The van der Waals surface area contributed by atoms with Gasteiger partial charge in [0.1, 0.15) is 0 Å². The van der Waals surface area contributed by atoms with Crippen molar-refractivity contribution >= 4 is 11.6 Å². The van der Waals surface area contributed by atoms with E-state index in [0.717, 1.165) is 12.1 Å². The Morgan fingerprint density at radius 1 is 1.46 bits per heavy atom. The number of carbonyl (C=O) groups excluding carboxylic acids is 1. The van der Waals surface area contributed by atoms with Gasteiger partial charge in [0.25, 0.3) is 0 Å². The fourth-order valence-corrected chi connectivity index (χ4v) is 0.956. The minimum absolute atomic E-state index is 0.0108. The first-order valence-electron chi connectivity index (χ1n) is 4.29. The molecule has 1 aromatic carbocycles. The van der Waals surface area contributed by atoms with Gasteiger partial charge in [0.05, 0.1) is 0 Å². The third-order valence-corrected chi connectivity index (χ3v) is 1.61. The molecule has 0 aliphatic carbocycles. The van der Waals surface area contributed by atoms with Crippen molar-refractivity contribution in [3.05, 3.63) is 30.3 Å². The lowest BCUT2D eigenvalue weighted by Gasteiger charge is -2.03. The second-order valence-electron chi connectivity index (χ2n) is 2.73. The Kier molecular flexibility index (Phi) is 3.99. The van der Waals surface area contributed by atoms with Crippen molar-refractivity contribution in [3.63, 3.8) is 0 Å². The van der Waals surface area contributed by atoms with Crippen molar-refractivity contribution in [2.75, 3.05) is 11.9 Å². The molecule has 0 aromatic heterocycles. The van der Waals surface area contributed by atoms with Crippen LogP contribution in [0.2, 0.25) is 0 Å². The number of hydrogen-bond donors (Lipinski definition) is 2. The predicted octanol–water partition coefficient (Wildman–Crippen LogP) is 1.16. The molecule has 13 heavy (non-hydrogen) atoms. The van der Waals surface area contributed by atoms with Gasteiger partial charge >= 0.3 is 0 Å². The van der Waals surface area contributed by atoms with Gasteiger partial charge in [-0.05, 0) is 31.2 Å². The molecular formula is C10H13N2O. The van der Waals surface area contributed by atoms with Crippen LogP contribution in [0, 0.1) is 6.07 Å². The van der Waals surface area contributed by atoms with E-state index >= 15 is 0 Å². The third-order valence-electron chi connectivity index (χ3n) is 1.61. The number of nitrogens with two attached hydrogens (primary N) is 1. The van der Waals surface area contributed by atoms with Gasteiger partial charge in [0, 0.05) is 12.1 Å². The maximum absolute atomic E-state index is 11.2. The Morgan fingerprint density at radius 2 is 2.15 bits per heavy atom. The van der Waals surface area contributed by atoms with Gasteiger partial charge in [-0.1, -0.05) is 12.1 Å². The third kappa shape index (κ3) is 3.71. The van der Waals surface area contributed by atoms with Crippen LogP contribution in [-0.4, -0.2) is 12.5 Å². The molecule has 0 aliphatic rings. The molecule has 0 bridgehead atoms. The summed E-state index contributed by atoms with van der Waals surface area (Å²) in [5.41, 5.74) is 6.09. The van der Waals surface area contributed by atoms with E-state index in [1.807, 2.05) is 0 Å². The van der Waals surface area contributed by atoms with Gasteiger partial charge in [-0.25, -0.2) is 0 Å². The van der Waals surface area contributed by atoms with E-state index in [-0.39, 0.29) is 5.91 Å². The van der Waals surface area contributed by atoms with E-state index in [1.165, 1.54) is 0 Å². The minimum atomic E-state index is 0.0108. The van der Waals surface area contributed by atoms with Gasteiger partial charge in [0.15, 0.2) is 0 Å². The molecular weight excluding hydrogens is 164 g/mol. The summed E-state index contributed by atoms with van der Waals surface area (Å²) in [6.07, 6.45) is 1.21. The summed E-state index contributed by atoms with van der Waals surface area (Å²) in [5.74, 6) is 0.0108. The molecule has 3 nitrogen and oxygen atoms in total. The molecule has 0 saturated carbocycles. The summed E-state index contributed by atoms with van der Waals surface area (Å²) < 4.78 is 0. The van der Waals surface area contributed by atoms with Gasteiger partial charge in [0.2, 0.25) is 5.91 Å². The molecule has 1 amide bonds. The van der Waals surface area contributed by atoms with E-state index in [1.54, 1.807) is 24.3 Å². The lowest BCUT2D eigenvalue weighted by atomic mass is 10.2. The predicted molar refractivity (Wildman–Crippen MR) is 52.2 cm³/mol. The molecule has 0 unspecified atom stereocenters. The van der Waals surface area contributed by atoms with Crippen LogP contribution in [0.25, 0.3) is 0 Å². The van der Waals surface area contributed by atoms with Crippen LogP contribution in [0.3, 0.4) is 0 Å². The highest BCUT2D eigenvalue weighted by molar-refractivity contribution is 5.90. The van der Waals surface area contributed by atoms with Crippen LogP contribution in [0.15, 0.2) is 24.3 Å².